The van der Waals surface area contributed by atoms with E-state index < -0.39 is 6.10 Å². The molecule has 1 N–H and O–H groups in total. The van der Waals surface area contributed by atoms with Crippen LogP contribution >= 0.6 is 0 Å². The summed E-state index contributed by atoms with van der Waals surface area (Å²) >= 11 is 0. The van der Waals surface area contributed by atoms with Gasteiger partial charge in [-0.2, -0.15) is 0 Å². The highest BCUT2D eigenvalue weighted by atomic mass is 16.5. The number of hydrogen-bond acceptors (Lipinski definition) is 4. The molecule has 0 radical (unpaired) electrons. The van der Waals surface area contributed by atoms with Crippen LogP contribution in [0.5, 0.6) is 5.75 Å². The van der Waals surface area contributed by atoms with Gasteiger partial charge in [-0.15, -0.1) is 0 Å². The second-order valence-corrected chi connectivity index (χ2v) is 7.45. The fourth-order valence-electron chi connectivity index (χ4n) is 3.53. The summed E-state index contributed by atoms with van der Waals surface area (Å²) < 4.78 is 5.79. The highest BCUT2D eigenvalue weighted by Gasteiger charge is 2.19. The quantitative estimate of drug-likeness (QED) is 0.641. The third-order valence-electron chi connectivity index (χ3n) is 5.06. The van der Waals surface area contributed by atoms with E-state index in [0.717, 1.165) is 43.8 Å². The summed E-state index contributed by atoms with van der Waals surface area (Å²) in [5, 5.41) is 10.3. The van der Waals surface area contributed by atoms with Crippen LogP contribution in [0, 0.1) is 0 Å². The lowest BCUT2D eigenvalue weighted by molar-refractivity contribution is -0.127. The Hall–Kier alpha value is -2.37. The number of hydrogen-bond donors (Lipinski definition) is 1. The molecule has 0 spiro atoms. The lowest BCUT2D eigenvalue weighted by Gasteiger charge is -2.21. The van der Waals surface area contributed by atoms with Gasteiger partial charge in [0.15, 0.2) is 0 Å². The van der Waals surface area contributed by atoms with E-state index in [1.807, 2.05) is 54.4 Å². The molecule has 0 bridgehead atoms. The molecular weight excluding hydrogens is 352 g/mol. The van der Waals surface area contributed by atoms with Crippen LogP contribution in [0.2, 0.25) is 0 Å². The third kappa shape index (κ3) is 6.08. The van der Waals surface area contributed by atoms with Crippen molar-refractivity contribution in [2.45, 2.75) is 31.9 Å². The molecule has 1 amide bonds. The average Bonchev–Trinajstić information content (AvgIpc) is 3.12. The van der Waals surface area contributed by atoms with Crippen molar-refractivity contribution in [2.75, 3.05) is 33.3 Å². The highest BCUT2D eigenvalue weighted by Crippen LogP contribution is 2.17. The van der Waals surface area contributed by atoms with E-state index >= 15 is 0 Å². The molecule has 5 nitrogen and oxygen atoms in total. The van der Waals surface area contributed by atoms with Crippen molar-refractivity contribution < 1.29 is 14.6 Å². The molecule has 28 heavy (non-hydrogen) atoms. The second kappa shape index (κ2) is 10.2. The summed E-state index contributed by atoms with van der Waals surface area (Å²) in [5.74, 6) is 1.12. The number of rotatable bonds is 10. The fourth-order valence-corrected chi connectivity index (χ4v) is 3.53. The molecule has 0 saturated carbocycles. The number of carbonyl (C=O) groups is 1. The number of aliphatic hydroxyl groups is 1. The van der Waals surface area contributed by atoms with Crippen LogP contribution in [0.3, 0.4) is 0 Å². The summed E-state index contributed by atoms with van der Waals surface area (Å²) in [7, 11) is 2.01. The fraction of sp³-hybridized carbons (Fsp3) is 0.435. The SMILES string of the molecule is CN(Cc1ccc(OCCCN2CCCC2=O)cc1)CC(O)c1ccccc1. The number of amides is 1. The zero-order valence-electron chi connectivity index (χ0n) is 16.6. The van der Waals surface area contributed by atoms with E-state index in [0.29, 0.717) is 19.6 Å². The summed E-state index contributed by atoms with van der Waals surface area (Å²) in [5.41, 5.74) is 2.12. The van der Waals surface area contributed by atoms with Gasteiger partial charge in [-0.25, -0.2) is 0 Å². The molecule has 1 heterocycles. The van der Waals surface area contributed by atoms with Crippen molar-refractivity contribution >= 4 is 5.91 Å². The standard InChI is InChI=1S/C23H30N2O3/c1-24(18-22(26)20-7-3-2-4-8-20)17-19-10-12-21(13-11-19)28-16-6-15-25-14-5-9-23(25)27/h2-4,7-8,10-13,22,26H,5-6,9,14-18H2,1H3. The molecule has 1 fully saturated rings. The second-order valence-electron chi connectivity index (χ2n) is 7.45. The van der Waals surface area contributed by atoms with Crippen molar-refractivity contribution in [3.63, 3.8) is 0 Å². The first-order chi connectivity index (χ1) is 13.6. The number of benzene rings is 2. The number of likely N-dealkylation sites (N-methyl/N-ethyl adjacent to an activating group) is 1. The normalized spacial score (nSPS) is 15.2. The Bertz CT molecular complexity index is 733. The predicted octanol–water partition coefficient (Wildman–Crippen LogP) is 3.24. The maximum absolute atomic E-state index is 11.6. The molecule has 1 saturated heterocycles. The van der Waals surface area contributed by atoms with Gasteiger partial charge in [-0.3, -0.25) is 9.69 Å². The first-order valence-corrected chi connectivity index (χ1v) is 10.0. The Labute approximate surface area is 167 Å². The largest absolute Gasteiger partial charge is 0.494 e. The Morgan fingerprint density at radius 2 is 1.89 bits per heavy atom. The van der Waals surface area contributed by atoms with Gasteiger partial charge in [0.25, 0.3) is 0 Å². The Kier molecular flexibility index (Phi) is 7.46. The molecule has 150 valence electrons. The molecule has 0 aliphatic carbocycles. The maximum Gasteiger partial charge on any atom is 0.222 e. The van der Waals surface area contributed by atoms with E-state index in [1.54, 1.807) is 0 Å². The molecule has 1 unspecified atom stereocenters. The van der Waals surface area contributed by atoms with Gasteiger partial charge in [0.1, 0.15) is 5.75 Å². The average molecular weight is 383 g/mol. The van der Waals surface area contributed by atoms with Crippen molar-refractivity contribution in [1.29, 1.82) is 0 Å². The smallest absolute Gasteiger partial charge is 0.222 e. The van der Waals surface area contributed by atoms with Gasteiger partial charge in [0.05, 0.1) is 12.7 Å². The Morgan fingerprint density at radius 1 is 1.14 bits per heavy atom. The monoisotopic (exact) mass is 382 g/mol. The van der Waals surface area contributed by atoms with E-state index in [-0.39, 0.29) is 5.91 Å². The van der Waals surface area contributed by atoms with E-state index in [1.165, 1.54) is 5.56 Å². The van der Waals surface area contributed by atoms with Crippen molar-refractivity contribution in [1.82, 2.24) is 9.80 Å². The van der Waals surface area contributed by atoms with E-state index in [2.05, 4.69) is 17.0 Å². The lowest BCUT2D eigenvalue weighted by Crippen LogP contribution is -2.26. The van der Waals surface area contributed by atoms with Gasteiger partial charge in [-0.1, -0.05) is 42.5 Å². The van der Waals surface area contributed by atoms with Gasteiger partial charge in [0, 0.05) is 32.6 Å². The topological polar surface area (TPSA) is 53.0 Å². The summed E-state index contributed by atoms with van der Waals surface area (Å²) in [6, 6.07) is 17.8. The number of likely N-dealkylation sites (tertiary alicyclic amines) is 1. The third-order valence-corrected chi connectivity index (χ3v) is 5.06. The Morgan fingerprint density at radius 3 is 2.57 bits per heavy atom. The highest BCUT2D eigenvalue weighted by molar-refractivity contribution is 5.77. The van der Waals surface area contributed by atoms with Crippen LogP contribution in [0.1, 0.15) is 36.5 Å². The molecule has 5 heteroatoms. The van der Waals surface area contributed by atoms with Crippen molar-refractivity contribution in [2.24, 2.45) is 0 Å². The van der Waals surface area contributed by atoms with Crippen LogP contribution in [-0.2, 0) is 11.3 Å². The molecule has 2 aromatic carbocycles. The van der Waals surface area contributed by atoms with E-state index in [4.69, 9.17) is 4.74 Å². The minimum atomic E-state index is -0.490. The minimum absolute atomic E-state index is 0.269. The molecule has 2 aromatic rings. The number of carbonyl (C=O) groups excluding carboxylic acids is 1. The molecule has 1 atom stereocenters. The van der Waals surface area contributed by atoms with Crippen LogP contribution in [0.25, 0.3) is 0 Å². The Balaban J connectivity index is 1.38. The van der Waals surface area contributed by atoms with Crippen LogP contribution in [0.15, 0.2) is 54.6 Å². The van der Waals surface area contributed by atoms with Crippen LogP contribution in [0.4, 0.5) is 0 Å². The maximum atomic E-state index is 11.6. The lowest BCUT2D eigenvalue weighted by atomic mass is 10.1. The van der Waals surface area contributed by atoms with Crippen LogP contribution in [-0.4, -0.2) is 54.1 Å². The molecule has 1 aliphatic rings. The van der Waals surface area contributed by atoms with Crippen molar-refractivity contribution in [3.8, 4) is 5.75 Å². The molecule has 0 aromatic heterocycles. The number of nitrogens with zero attached hydrogens (tertiary/aromatic N) is 2. The zero-order chi connectivity index (χ0) is 19.8. The van der Waals surface area contributed by atoms with Gasteiger partial charge >= 0.3 is 0 Å². The molecule has 1 aliphatic heterocycles. The summed E-state index contributed by atoms with van der Waals surface area (Å²) in [6.45, 7) is 3.64. The van der Waals surface area contributed by atoms with Gasteiger partial charge in [0.2, 0.25) is 5.91 Å². The first kappa shape index (κ1) is 20.4. The summed E-state index contributed by atoms with van der Waals surface area (Å²) in [6.07, 6.45) is 2.04. The first-order valence-electron chi connectivity index (χ1n) is 10.0. The summed E-state index contributed by atoms with van der Waals surface area (Å²) in [4.78, 5) is 15.6. The number of aliphatic hydroxyl groups excluding tert-OH is 1. The van der Waals surface area contributed by atoms with Crippen molar-refractivity contribution in [3.05, 3.63) is 65.7 Å². The van der Waals surface area contributed by atoms with E-state index in [9.17, 15) is 9.90 Å². The molecule has 3 rings (SSSR count). The predicted molar refractivity (Wildman–Crippen MR) is 110 cm³/mol. The van der Waals surface area contributed by atoms with Gasteiger partial charge < -0.3 is 14.7 Å². The van der Waals surface area contributed by atoms with Gasteiger partial charge in [-0.05, 0) is 43.1 Å². The minimum Gasteiger partial charge on any atom is -0.494 e. The zero-order valence-corrected chi connectivity index (χ0v) is 16.6. The number of ether oxygens (including phenoxy) is 1. The molecular formula is C23H30N2O3. The van der Waals surface area contributed by atoms with Crippen LogP contribution < -0.4 is 4.74 Å².